The molecule has 38 heavy (non-hydrogen) atoms. The van der Waals surface area contributed by atoms with Crippen LogP contribution in [0.4, 0.5) is 11.6 Å². The van der Waals surface area contributed by atoms with Crippen molar-refractivity contribution < 1.29 is 4.79 Å². The third-order valence-corrected chi connectivity index (χ3v) is 7.76. The van der Waals surface area contributed by atoms with E-state index >= 15 is 0 Å². The second-order valence-electron chi connectivity index (χ2n) is 9.88. The zero-order chi connectivity index (χ0) is 26.1. The van der Waals surface area contributed by atoms with Crippen molar-refractivity contribution in [3.8, 4) is 11.1 Å². The van der Waals surface area contributed by atoms with E-state index in [4.69, 9.17) is 11.6 Å². The summed E-state index contributed by atoms with van der Waals surface area (Å²) in [4.78, 5) is 45.0. The largest absolute Gasteiger partial charge is 0.366 e. The van der Waals surface area contributed by atoms with Crippen molar-refractivity contribution in [1.29, 1.82) is 0 Å². The molecule has 9 heteroatoms. The Labute approximate surface area is 225 Å². The van der Waals surface area contributed by atoms with Crippen LogP contribution in [0.5, 0.6) is 0 Å². The number of fused-ring (bicyclic) bond motifs is 1. The van der Waals surface area contributed by atoms with Gasteiger partial charge in [0.25, 0.3) is 5.56 Å². The van der Waals surface area contributed by atoms with E-state index in [1.54, 1.807) is 24.5 Å². The van der Waals surface area contributed by atoms with E-state index < -0.39 is 0 Å². The van der Waals surface area contributed by atoms with E-state index in [0.29, 0.717) is 49.4 Å². The average Bonchev–Trinajstić information content (AvgIpc) is 2.97. The molecule has 0 bridgehead atoms. The lowest BCUT2D eigenvalue weighted by Gasteiger charge is -2.39. The molecule has 0 saturated carbocycles. The normalized spacial score (nSPS) is 18.1. The topological polar surface area (TPSA) is 85.4 Å². The second-order valence-corrected chi connectivity index (χ2v) is 10.3. The number of piperidine rings is 1. The van der Waals surface area contributed by atoms with Gasteiger partial charge in [0.15, 0.2) is 0 Å². The van der Waals surface area contributed by atoms with Gasteiger partial charge in [-0.05, 0) is 42.7 Å². The molecule has 0 radical (unpaired) electrons. The number of carbonyl (C=O) groups is 1. The maximum atomic E-state index is 13.6. The number of anilines is 2. The third-order valence-electron chi connectivity index (χ3n) is 7.53. The van der Waals surface area contributed by atoms with E-state index in [1.807, 2.05) is 47.4 Å². The van der Waals surface area contributed by atoms with Crippen molar-refractivity contribution in [2.45, 2.75) is 12.8 Å². The average molecular weight is 529 g/mol. The van der Waals surface area contributed by atoms with Crippen molar-refractivity contribution in [2.24, 2.45) is 5.92 Å². The lowest BCUT2D eigenvalue weighted by molar-refractivity contribution is -0.136. The first-order valence-electron chi connectivity index (χ1n) is 13.0. The van der Waals surface area contributed by atoms with Crippen molar-refractivity contribution in [1.82, 2.24) is 19.9 Å². The molecule has 1 unspecified atom stereocenters. The Hall–Kier alpha value is -3.91. The zero-order valence-corrected chi connectivity index (χ0v) is 21.8. The highest BCUT2D eigenvalue weighted by Crippen LogP contribution is 2.37. The van der Waals surface area contributed by atoms with Gasteiger partial charge < -0.3 is 19.7 Å². The first-order chi connectivity index (χ1) is 18.6. The summed E-state index contributed by atoms with van der Waals surface area (Å²) in [7, 11) is 0. The summed E-state index contributed by atoms with van der Waals surface area (Å²) in [5, 5.41) is 1.51. The smallest absolute Gasteiger partial charge is 0.272 e. The summed E-state index contributed by atoms with van der Waals surface area (Å²) in [6, 6.07) is 17.3. The first kappa shape index (κ1) is 24.4. The lowest BCUT2D eigenvalue weighted by atomic mass is 9.93. The quantitative estimate of drug-likeness (QED) is 0.427. The molecule has 0 aliphatic carbocycles. The number of hydrogen-bond acceptors (Lipinski definition) is 6. The minimum atomic E-state index is -0.165. The number of nitrogens with zero attached hydrogens (tertiary/aromatic N) is 5. The summed E-state index contributed by atoms with van der Waals surface area (Å²) < 4.78 is 0. The minimum absolute atomic E-state index is 0.150. The predicted octanol–water partition coefficient (Wildman–Crippen LogP) is 4.20. The van der Waals surface area contributed by atoms with Crippen molar-refractivity contribution in [3.05, 3.63) is 82.4 Å². The van der Waals surface area contributed by atoms with Crippen LogP contribution in [0.25, 0.3) is 22.0 Å². The Kier molecular flexibility index (Phi) is 6.72. The van der Waals surface area contributed by atoms with Gasteiger partial charge in [-0.1, -0.05) is 41.9 Å². The number of pyridine rings is 1. The number of aromatic nitrogens is 3. The Morgan fingerprint density at radius 3 is 2.45 bits per heavy atom. The summed E-state index contributed by atoms with van der Waals surface area (Å²) in [5.74, 6) is 0.693. The molecule has 4 aromatic rings. The van der Waals surface area contributed by atoms with E-state index in [1.165, 1.54) is 0 Å². The first-order valence-corrected chi connectivity index (χ1v) is 13.4. The van der Waals surface area contributed by atoms with Gasteiger partial charge in [0, 0.05) is 73.2 Å². The molecule has 6 rings (SSSR count). The maximum Gasteiger partial charge on any atom is 0.272 e. The van der Waals surface area contributed by atoms with E-state index in [0.717, 1.165) is 41.4 Å². The molecule has 1 amide bonds. The van der Waals surface area contributed by atoms with Crippen LogP contribution < -0.4 is 15.4 Å². The van der Waals surface area contributed by atoms with Crippen LogP contribution in [0.1, 0.15) is 12.8 Å². The van der Waals surface area contributed by atoms with Crippen LogP contribution in [0.2, 0.25) is 5.02 Å². The van der Waals surface area contributed by atoms with Crippen LogP contribution in [-0.2, 0) is 4.79 Å². The molecule has 8 nitrogen and oxygen atoms in total. The fourth-order valence-corrected chi connectivity index (χ4v) is 5.85. The second kappa shape index (κ2) is 10.5. The molecule has 194 valence electrons. The maximum absolute atomic E-state index is 13.6. The standard InChI is InChI=1S/C29H29ClN6O2/c30-22-9-10-24-23(18-22)25(20-6-2-1-3-7-20)26(27(37)33-24)36-13-4-8-21(19-36)28(38)34-14-16-35(17-15-34)29-31-11-5-12-32-29/h1-3,5-7,9-12,18,21H,4,8,13-17,19H2,(H,33,37). The zero-order valence-electron chi connectivity index (χ0n) is 21.0. The summed E-state index contributed by atoms with van der Waals surface area (Å²) in [5.41, 5.74) is 3.01. The van der Waals surface area contributed by atoms with Gasteiger partial charge in [-0.25, -0.2) is 9.97 Å². The van der Waals surface area contributed by atoms with E-state index in [-0.39, 0.29) is 17.4 Å². The summed E-state index contributed by atoms with van der Waals surface area (Å²) >= 11 is 6.39. The number of hydrogen-bond donors (Lipinski definition) is 1. The molecule has 2 aromatic carbocycles. The number of rotatable bonds is 4. The number of halogens is 1. The van der Waals surface area contributed by atoms with Crippen molar-refractivity contribution >= 4 is 40.0 Å². The van der Waals surface area contributed by atoms with Gasteiger partial charge in [-0.2, -0.15) is 0 Å². The Morgan fingerprint density at radius 2 is 1.68 bits per heavy atom. The number of benzene rings is 2. The van der Waals surface area contributed by atoms with Crippen LogP contribution in [0.3, 0.4) is 0 Å². The number of H-pyrrole nitrogens is 1. The van der Waals surface area contributed by atoms with Gasteiger partial charge in [0.1, 0.15) is 5.69 Å². The number of carbonyl (C=O) groups excluding carboxylic acids is 1. The van der Waals surface area contributed by atoms with Gasteiger partial charge in [0.05, 0.1) is 5.92 Å². The van der Waals surface area contributed by atoms with Crippen LogP contribution in [0, 0.1) is 5.92 Å². The minimum Gasteiger partial charge on any atom is -0.366 e. The Morgan fingerprint density at radius 1 is 0.921 bits per heavy atom. The molecule has 2 aliphatic rings. The highest BCUT2D eigenvalue weighted by molar-refractivity contribution is 6.31. The van der Waals surface area contributed by atoms with Gasteiger partial charge in [0.2, 0.25) is 11.9 Å². The Balaban J connectivity index is 1.27. The monoisotopic (exact) mass is 528 g/mol. The highest BCUT2D eigenvalue weighted by atomic mass is 35.5. The number of amides is 1. The molecular weight excluding hydrogens is 500 g/mol. The molecular formula is C29H29ClN6O2. The van der Waals surface area contributed by atoms with Gasteiger partial charge in [-0.3, -0.25) is 9.59 Å². The molecule has 2 fully saturated rings. The molecule has 2 aromatic heterocycles. The molecule has 2 aliphatic heterocycles. The van der Waals surface area contributed by atoms with Crippen molar-refractivity contribution in [3.63, 3.8) is 0 Å². The van der Waals surface area contributed by atoms with Crippen LogP contribution in [-0.4, -0.2) is 65.0 Å². The third kappa shape index (κ3) is 4.72. The SMILES string of the molecule is O=C(C1CCCN(c2c(-c3ccccc3)c3cc(Cl)ccc3[nH]c2=O)C1)N1CCN(c2ncccn2)CC1. The van der Waals surface area contributed by atoms with Crippen molar-refractivity contribution in [2.75, 3.05) is 49.1 Å². The molecule has 1 N–H and O–H groups in total. The number of piperazine rings is 1. The molecule has 4 heterocycles. The van der Waals surface area contributed by atoms with Gasteiger partial charge >= 0.3 is 0 Å². The number of nitrogens with one attached hydrogen (secondary N) is 1. The molecule has 0 spiro atoms. The fourth-order valence-electron chi connectivity index (χ4n) is 5.68. The van der Waals surface area contributed by atoms with E-state index in [9.17, 15) is 9.59 Å². The van der Waals surface area contributed by atoms with E-state index in [2.05, 4.69) is 24.8 Å². The molecule has 2 saturated heterocycles. The molecule has 1 atom stereocenters. The van der Waals surface area contributed by atoms with Gasteiger partial charge in [-0.15, -0.1) is 0 Å². The van der Waals surface area contributed by atoms with Crippen LogP contribution >= 0.6 is 11.6 Å². The summed E-state index contributed by atoms with van der Waals surface area (Å²) in [6.07, 6.45) is 5.13. The Bertz CT molecular complexity index is 1500. The lowest BCUT2D eigenvalue weighted by Crippen LogP contribution is -2.53. The summed E-state index contributed by atoms with van der Waals surface area (Å²) in [6.45, 7) is 3.91. The highest BCUT2D eigenvalue weighted by Gasteiger charge is 2.33. The number of aromatic amines is 1. The van der Waals surface area contributed by atoms with Crippen LogP contribution in [0.15, 0.2) is 71.8 Å². The predicted molar refractivity (Wildman–Crippen MR) is 151 cm³/mol. The fraction of sp³-hybridized carbons (Fsp3) is 0.310.